The average Bonchev–Trinajstić information content (AvgIpc) is 2.87. The number of aromatic nitrogens is 3. The van der Waals surface area contributed by atoms with Crippen molar-refractivity contribution >= 4 is 11.9 Å². The zero-order valence-corrected chi connectivity index (χ0v) is 13.6. The van der Waals surface area contributed by atoms with Gasteiger partial charge >= 0.3 is 6.01 Å². The molecule has 2 rings (SSSR count). The van der Waals surface area contributed by atoms with Crippen LogP contribution < -0.4 is 15.0 Å². The molecule has 0 amide bonds. The highest BCUT2D eigenvalue weighted by Crippen LogP contribution is 2.25. The van der Waals surface area contributed by atoms with E-state index in [1.54, 1.807) is 7.05 Å². The minimum Gasteiger partial charge on any atom is -0.463 e. The van der Waals surface area contributed by atoms with Crippen molar-refractivity contribution in [2.24, 2.45) is 5.92 Å². The number of rotatable bonds is 6. The number of likely N-dealkylation sites (N-methyl/N-ethyl adjacent to an activating group) is 1. The molecule has 2 atom stereocenters. The summed E-state index contributed by atoms with van der Waals surface area (Å²) in [6.45, 7) is 6.81. The smallest absolute Gasteiger partial charge is 0.323 e. The van der Waals surface area contributed by atoms with Gasteiger partial charge in [-0.25, -0.2) is 0 Å². The van der Waals surface area contributed by atoms with Gasteiger partial charge in [0, 0.05) is 26.2 Å². The average molecular weight is 294 g/mol. The number of nitrogens with one attached hydrogen (secondary N) is 1. The van der Waals surface area contributed by atoms with Crippen LogP contribution in [0.25, 0.3) is 0 Å². The second-order valence-corrected chi connectivity index (χ2v) is 5.75. The van der Waals surface area contributed by atoms with Crippen LogP contribution in [0.3, 0.4) is 0 Å². The molecule has 1 aromatic heterocycles. The van der Waals surface area contributed by atoms with Crippen molar-refractivity contribution in [2.75, 3.05) is 51.1 Å². The van der Waals surface area contributed by atoms with Crippen molar-refractivity contribution in [3.8, 4) is 6.01 Å². The predicted octanol–water partition coefficient (Wildman–Crippen LogP) is 1.09. The third-order valence-corrected chi connectivity index (χ3v) is 3.78. The first kappa shape index (κ1) is 15.8. The fraction of sp³-hybridized carbons (Fsp3) is 0.786. The van der Waals surface area contributed by atoms with E-state index < -0.39 is 0 Å². The minimum atomic E-state index is 0.396. The fourth-order valence-electron chi connectivity index (χ4n) is 2.64. The molecular formula is C14H26N6O. The Bertz CT molecular complexity index is 467. The Morgan fingerprint density at radius 1 is 1.29 bits per heavy atom. The molecule has 2 heterocycles. The third kappa shape index (κ3) is 3.72. The van der Waals surface area contributed by atoms with E-state index in [2.05, 4.69) is 58.0 Å². The van der Waals surface area contributed by atoms with Gasteiger partial charge in [-0.05, 0) is 26.4 Å². The van der Waals surface area contributed by atoms with Gasteiger partial charge < -0.3 is 19.9 Å². The van der Waals surface area contributed by atoms with Crippen LogP contribution in [-0.2, 0) is 0 Å². The molecule has 1 fully saturated rings. The number of hydrogen-bond donors (Lipinski definition) is 1. The van der Waals surface area contributed by atoms with Gasteiger partial charge in [0.2, 0.25) is 11.9 Å². The van der Waals surface area contributed by atoms with E-state index in [0.717, 1.165) is 19.5 Å². The van der Waals surface area contributed by atoms with E-state index in [1.165, 1.54) is 0 Å². The van der Waals surface area contributed by atoms with Gasteiger partial charge in [0.15, 0.2) is 0 Å². The summed E-state index contributed by atoms with van der Waals surface area (Å²) in [6.07, 6.45) is 0.930. The number of ether oxygens (including phenoxy) is 1. The second-order valence-electron chi connectivity index (χ2n) is 5.75. The molecule has 1 saturated heterocycles. The molecule has 0 aromatic carbocycles. The molecule has 1 aliphatic rings. The summed E-state index contributed by atoms with van der Waals surface area (Å²) in [6, 6.07) is 0.909. The van der Waals surface area contributed by atoms with E-state index >= 15 is 0 Å². The molecule has 7 nitrogen and oxygen atoms in total. The molecule has 1 aliphatic heterocycles. The van der Waals surface area contributed by atoms with Gasteiger partial charge in [0.25, 0.3) is 0 Å². The molecule has 1 aromatic rings. The normalized spacial score (nSPS) is 21.9. The lowest BCUT2D eigenvalue weighted by Crippen LogP contribution is -2.34. The van der Waals surface area contributed by atoms with Crippen molar-refractivity contribution in [1.82, 2.24) is 19.9 Å². The van der Waals surface area contributed by atoms with E-state index in [4.69, 9.17) is 4.74 Å². The van der Waals surface area contributed by atoms with Crippen LogP contribution in [0.15, 0.2) is 0 Å². The van der Waals surface area contributed by atoms with Crippen molar-refractivity contribution in [2.45, 2.75) is 26.3 Å². The van der Waals surface area contributed by atoms with Crippen LogP contribution >= 0.6 is 0 Å². The number of hydrogen-bond acceptors (Lipinski definition) is 7. The molecule has 0 radical (unpaired) electrons. The summed E-state index contributed by atoms with van der Waals surface area (Å²) in [4.78, 5) is 17.6. The molecular weight excluding hydrogens is 268 g/mol. The van der Waals surface area contributed by atoms with Crippen molar-refractivity contribution < 1.29 is 4.74 Å². The summed E-state index contributed by atoms with van der Waals surface area (Å²) in [7, 11) is 6.04. The van der Waals surface area contributed by atoms with E-state index in [9.17, 15) is 0 Å². The molecule has 0 saturated carbocycles. The number of nitrogens with zero attached hydrogens (tertiary/aromatic N) is 5. The molecule has 7 heteroatoms. The lowest BCUT2D eigenvalue weighted by atomic mass is 10.1. The highest BCUT2D eigenvalue weighted by molar-refractivity contribution is 5.39. The summed E-state index contributed by atoms with van der Waals surface area (Å²) >= 11 is 0. The standard InChI is InChI=1S/C14H26N6O/c1-6-7-21-14-17-12(15-3)16-13(18-14)20-8-10(2)11(9-20)19(4)5/h10-11H,6-9H2,1-5H3,(H,15,16,17,18). The largest absolute Gasteiger partial charge is 0.463 e. The first-order valence-electron chi connectivity index (χ1n) is 7.53. The first-order chi connectivity index (χ1) is 10.0. The quantitative estimate of drug-likeness (QED) is 0.842. The number of anilines is 2. The zero-order chi connectivity index (χ0) is 15.4. The monoisotopic (exact) mass is 294 g/mol. The third-order valence-electron chi connectivity index (χ3n) is 3.78. The van der Waals surface area contributed by atoms with Crippen LogP contribution in [0.1, 0.15) is 20.3 Å². The second kappa shape index (κ2) is 6.89. The Hall–Kier alpha value is -1.63. The fourth-order valence-corrected chi connectivity index (χ4v) is 2.64. The first-order valence-corrected chi connectivity index (χ1v) is 7.53. The van der Waals surface area contributed by atoms with E-state index in [1.807, 2.05) is 0 Å². The minimum absolute atomic E-state index is 0.396. The molecule has 1 N–H and O–H groups in total. The van der Waals surface area contributed by atoms with Crippen LogP contribution in [0.4, 0.5) is 11.9 Å². The van der Waals surface area contributed by atoms with Crippen LogP contribution in [-0.4, -0.2) is 66.7 Å². The van der Waals surface area contributed by atoms with Gasteiger partial charge in [-0.15, -0.1) is 0 Å². The summed E-state index contributed by atoms with van der Waals surface area (Å²) in [5, 5.41) is 2.97. The molecule has 0 bridgehead atoms. The van der Waals surface area contributed by atoms with Gasteiger partial charge in [0.1, 0.15) is 0 Å². The van der Waals surface area contributed by atoms with Crippen LogP contribution in [0.5, 0.6) is 6.01 Å². The summed E-state index contributed by atoms with van der Waals surface area (Å²) < 4.78 is 5.56. The maximum absolute atomic E-state index is 5.56. The van der Waals surface area contributed by atoms with Crippen molar-refractivity contribution in [3.63, 3.8) is 0 Å². The highest BCUT2D eigenvalue weighted by atomic mass is 16.5. The van der Waals surface area contributed by atoms with Crippen LogP contribution in [0, 0.1) is 5.92 Å². The molecule has 21 heavy (non-hydrogen) atoms. The Balaban J connectivity index is 2.19. The molecule has 0 aliphatic carbocycles. The predicted molar refractivity (Wildman–Crippen MR) is 84.0 cm³/mol. The summed E-state index contributed by atoms with van der Waals surface area (Å²) in [5.41, 5.74) is 0. The Kier molecular flexibility index (Phi) is 5.17. The molecule has 0 spiro atoms. The van der Waals surface area contributed by atoms with E-state index in [0.29, 0.717) is 36.5 Å². The van der Waals surface area contributed by atoms with Gasteiger partial charge in [-0.2, -0.15) is 15.0 Å². The summed E-state index contributed by atoms with van der Waals surface area (Å²) in [5.74, 6) is 1.82. The SMILES string of the molecule is CCCOc1nc(NC)nc(N2CC(C)C(N(C)C)C2)n1. The van der Waals surface area contributed by atoms with E-state index in [-0.39, 0.29) is 0 Å². The lowest BCUT2D eigenvalue weighted by molar-refractivity contribution is 0.266. The van der Waals surface area contributed by atoms with Crippen molar-refractivity contribution in [3.05, 3.63) is 0 Å². The maximum atomic E-state index is 5.56. The maximum Gasteiger partial charge on any atom is 0.323 e. The Labute approximate surface area is 126 Å². The molecule has 118 valence electrons. The highest BCUT2D eigenvalue weighted by Gasteiger charge is 2.32. The van der Waals surface area contributed by atoms with Gasteiger partial charge in [0.05, 0.1) is 6.61 Å². The topological polar surface area (TPSA) is 66.4 Å². The van der Waals surface area contributed by atoms with Crippen LogP contribution in [0.2, 0.25) is 0 Å². The molecule has 2 unspecified atom stereocenters. The van der Waals surface area contributed by atoms with Crippen molar-refractivity contribution in [1.29, 1.82) is 0 Å². The lowest BCUT2D eigenvalue weighted by Gasteiger charge is -2.22. The van der Waals surface area contributed by atoms with Gasteiger partial charge in [-0.1, -0.05) is 13.8 Å². The van der Waals surface area contributed by atoms with Gasteiger partial charge in [-0.3, -0.25) is 0 Å². The Morgan fingerprint density at radius 3 is 2.62 bits per heavy atom. The Morgan fingerprint density at radius 2 is 2.05 bits per heavy atom. The zero-order valence-electron chi connectivity index (χ0n) is 13.6.